The maximum atomic E-state index is 11.9. The molecule has 102 valence electrons. The van der Waals surface area contributed by atoms with Crippen molar-refractivity contribution in [3.05, 3.63) is 59.8 Å². The van der Waals surface area contributed by atoms with Crippen LogP contribution in [0.4, 0.5) is 4.79 Å². The Morgan fingerprint density at radius 2 is 2.10 bits per heavy atom. The van der Waals surface area contributed by atoms with E-state index in [1.54, 1.807) is 13.1 Å². The van der Waals surface area contributed by atoms with Crippen molar-refractivity contribution < 1.29 is 9.53 Å². The Balaban J connectivity index is 2.19. The zero-order chi connectivity index (χ0) is 14.4. The lowest BCUT2D eigenvalue weighted by Gasteiger charge is -2.25. The Bertz CT molecular complexity index is 590. The molecule has 0 spiro atoms. The van der Waals surface area contributed by atoms with Gasteiger partial charge in [-0.2, -0.15) is 0 Å². The molecule has 0 fully saturated rings. The van der Waals surface area contributed by atoms with Gasteiger partial charge in [-0.05, 0) is 37.6 Å². The molecule has 0 aliphatic carbocycles. The van der Waals surface area contributed by atoms with E-state index in [1.807, 2.05) is 49.4 Å². The molecule has 0 bridgehead atoms. The Morgan fingerprint density at radius 3 is 2.80 bits per heavy atom. The summed E-state index contributed by atoms with van der Waals surface area (Å²) < 4.78 is 5.05. The van der Waals surface area contributed by atoms with E-state index >= 15 is 0 Å². The van der Waals surface area contributed by atoms with Crippen LogP contribution in [0, 0.1) is 11.8 Å². The molecule has 3 heteroatoms. The smallest absolute Gasteiger partial charge is 0.415 e. The number of amides is 1. The quantitative estimate of drug-likeness (QED) is 0.730. The molecule has 20 heavy (non-hydrogen) atoms. The van der Waals surface area contributed by atoms with Crippen LogP contribution in [0.5, 0.6) is 0 Å². The van der Waals surface area contributed by atoms with E-state index in [0.717, 1.165) is 11.1 Å². The van der Waals surface area contributed by atoms with E-state index in [2.05, 4.69) is 11.8 Å². The van der Waals surface area contributed by atoms with Gasteiger partial charge in [0, 0.05) is 11.8 Å². The maximum absolute atomic E-state index is 11.9. The number of carbonyl (C=O) groups is 1. The SMILES string of the molecule is CCOC(=O)N1C=C(C)C=CC1C#Cc1ccccc1. The van der Waals surface area contributed by atoms with Gasteiger partial charge in [0.15, 0.2) is 0 Å². The van der Waals surface area contributed by atoms with Crippen LogP contribution < -0.4 is 0 Å². The van der Waals surface area contributed by atoms with Gasteiger partial charge in [0.05, 0.1) is 6.61 Å². The first-order chi connectivity index (χ1) is 9.70. The van der Waals surface area contributed by atoms with Crippen molar-refractivity contribution in [3.63, 3.8) is 0 Å². The van der Waals surface area contributed by atoms with Crippen LogP contribution in [0.25, 0.3) is 0 Å². The number of ether oxygens (including phenoxy) is 1. The average Bonchev–Trinajstić information content (AvgIpc) is 2.47. The highest BCUT2D eigenvalue weighted by molar-refractivity contribution is 5.71. The van der Waals surface area contributed by atoms with Gasteiger partial charge in [-0.3, -0.25) is 4.90 Å². The topological polar surface area (TPSA) is 29.5 Å². The van der Waals surface area contributed by atoms with Crippen molar-refractivity contribution in [2.24, 2.45) is 0 Å². The highest BCUT2D eigenvalue weighted by Crippen LogP contribution is 2.14. The molecule has 2 rings (SSSR count). The van der Waals surface area contributed by atoms with E-state index in [0.29, 0.717) is 6.61 Å². The lowest BCUT2D eigenvalue weighted by molar-refractivity contribution is 0.120. The molecule has 3 nitrogen and oxygen atoms in total. The summed E-state index contributed by atoms with van der Waals surface area (Å²) in [6.45, 7) is 4.08. The molecule has 1 unspecified atom stereocenters. The first-order valence-electron chi connectivity index (χ1n) is 6.59. The molecular weight excluding hydrogens is 250 g/mol. The molecule has 1 aliphatic rings. The number of allylic oxidation sites excluding steroid dienone is 2. The summed E-state index contributed by atoms with van der Waals surface area (Å²) in [6.07, 6.45) is 5.26. The van der Waals surface area contributed by atoms with Gasteiger partial charge in [0.1, 0.15) is 6.04 Å². The number of hydrogen-bond donors (Lipinski definition) is 0. The Kier molecular flexibility index (Phi) is 4.62. The monoisotopic (exact) mass is 267 g/mol. The Labute approximate surface area is 119 Å². The molecule has 1 aromatic rings. The van der Waals surface area contributed by atoms with Crippen molar-refractivity contribution >= 4 is 6.09 Å². The largest absolute Gasteiger partial charge is 0.449 e. The summed E-state index contributed by atoms with van der Waals surface area (Å²) in [7, 11) is 0. The summed E-state index contributed by atoms with van der Waals surface area (Å²) >= 11 is 0. The first kappa shape index (κ1) is 14.0. The van der Waals surface area contributed by atoms with Crippen molar-refractivity contribution in [2.45, 2.75) is 19.9 Å². The van der Waals surface area contributed by atoms with Crippen LogP contribution in [0.1, 0.15) is 19.4 Å². The maximum Gasteiger partial charge on any atom is 0.415 e. The van der Waals surface area contributed by atoms with Gasteiger partial charge in [0.2, 0.25) is 0 Å². The molecule has 0 aromatic heterocycles. The third kappa shape index (κ3) is 3.52. The van der Waals surface area contributed by atoms with E-state index < -0.39 is 0 Å². The molecule has 1 aliphatic heterocycles. The molecule has 0 radical (unpaired) electrons. The summed E-state index contributed by atoms with van der Waals surface area (Å²) in [5.74, 6) is 6.17. The van der Waals surface area contributed by atoms with E-state index in [9.17, 15) is 4.79 Å². The molecule has 0 saturated heterocycles. The summed E-state index contributed by atoms with van der Waals surface area (Å²) in [5, 5.41) is 0. The predicted octanol–water partition coefficient (Wildman–Crippen LogP) is 3.34. The van der Waals surface area contributed by atoms with Gasteiger partial charge in [-0.1, -0.05) is 36.1 Å². The third-order valence-electron chi connectivity index (χ3n) is 2.80. The van der Waals surface area contributed by atoms with E-state index in [1.165, 1.54) is 4.90 Å². The standard InChI is InChI=1S/C17H17NO2/c1-3-20-17(19)18-13-14(2)9-11-16(18)12-10-15-7-5-4-6-8-15/h4-9,11,13,16H,3H2,1-2H3. The number of benzene rings is 1. The van der Waals surface area contributed by atoms with Crippen molar-refractivity contribution in [2.75, 3.05) is 6.61 Å². The molecule has 0 saturated carbocycles. The molecule has 1 aromatic carbocycles. The van der Waals surface area contributed by atoms with Crippen LogP contribution in [0.3, 0.4) is 0 Å². The molecule has 1 amide bonds. The fourth-order valence-electron chi connectivity index (χ4n) is 1.84. The minimum atomic E-state index is -0.372. The molecule has 1 heterocycles. The van der Waals surface area contributed by atoms with Crippen molar-refractivity contribution in [1.82, 2.24) is 4.90 Å². The highest BCUT2D eigenvalue weighted by Gasteiger charge is 2.21. The van der Waals surface area contributed by atoms with Crippen molar-refractivity contribution in [1.29, 1.82) is 0 Å². The van der Waals surface area contributed by atoms with Gasteiger partial charge < -0.3 is 4.74 Å². The van der Waals surface area contributed by atoms with Crippen LogP contribution in [0.15, 0.2) is 54.3 Å². The number of carbonyl (C=O) groups excluding carboxylic acids is 1. The highest BCUT2D eigenvalue weighted by atomic mass is 16.6. The second-order valence-electron chi connectivity index (χ2n) is 4.42. The Hall–Kier alpha value is -2.47. The number of rotatable bonds is 1. The van der Waals surface area contributed by atoms with Crippen LogP contribution >= 0.6 is 0 Å². The van der Waals surface area contributed by atoms with E-state index in [4.69, 9.17) is 4.74 Å². The normalized spacial score (nSPS) is 17.0. The minimum absolute atomic E-state index is 0.294. The summed E-state index contributed by atoms with van der Waals surface area (Å²) in [5.41, 5.74) is 1.92. The minimum Gasteiger partial charge on any atom is -0.449 e. The number of hydrogen-bond acceptors (Lipinski definition) is 2. The Morgan fingerprint density at radius 1 is 1.35 bits per heavy atom. The van der Waals surface area contributed by atoms with Gasteiger partial charge in [-0.15, -0.1) is 0 Å². The lowest BCUT2D eigenvalue weighted by atomic mass is 10.1. The van der Waals surface area contributed by atoms with Crippen LogP contribution in [-0.4, -0.2) is 23.6 Å². The van der Waals surface area contributed by atoms with E-state index in [-0.39, 0.29) is 12.1 Å². The summed E-state index contributed by atoms with van der Waals surface area (Å²) in [4.78, 5) is 13.4. The second-order valence-corrected chi connectivity index (χ2v) is 4.42. The fraction of sp³-hybridized carbons (Fsp3) is 0.235. The third-order valence-corrected chi connectivity index (χ3v) is 2.80. The van der Waals surface area contributed by atoms with Crippen LogP contribution in [-0.2, 0) is 4.74 Å². The lowest BCUT2D eigenvalue weighted by Crippen LogP contribution is -2.36. The first-order valence-corrected chi connectivity index (χ1v) is 6.59. The predicted molar refractivity (Wildman–Crippen MR) is 78.9 cm³/mol. The zero-order valence-corrected chi connectivity index (χ0v) is 11.7. The molecular formula is C17H17NO2. The zero-order valence-electron chi connectivity index (χ0n) is 11.7. The number of nitrogens with zero attached hydrogens (tertiary/aromatic N) is 1. The van der Waals surface area contributed by atoms with Crippen LogP contribution in [0.2, 0.25) is 0 Å². The summed E-state index contributed by atoms with van der Waals surface area (Å²) in [6, 6.07) is 9.41. The van der Waals surface area contributed by atoms with Gasteiger partial charge in [-0.25, -0.2) is 4.79 Å². The van der Waals surface area contributed by atoms with Crippen molar-refractivity contribution in [3.8, 4) is 11.8 Å². The van der Waals surface area contributed by atoms with Gasteiger partial charge >= 0.3 is 6.09 Å². The molecule has 1 atom stereocenters. The second kappa shape index (κ2) is 6.63. The fourth-order valence-corrected chi connectivity index (χ4v) is 1.84. The average molecular weight is 267 g/mol. The molecule has 0 N–H and O–H groups in total. The van der Waals surface area contributed by atoms with Gasteiger partial charge in [0.25, 0.3) is 0 Å².